The number of ether oxygens (including phenoxy) is 3. The molecular weight excluding hydrogens is 254 g/mol. The van der Waals surface area contributed by atoms with E-state index in [1.807, 2.05) is 0 Å². The largest absolute Gasteiger partial charge is 0.467 e. The fourth-order valence-electron chi connectivity index (χ4n) is 1.60. The number of benzene rings is 1. The summed E-state index contributed by atoms with van der Waals surface area (Å²) in [5.41, 5.74) is 0.298. The quantitative estimate of drug-likeness (QED) is 0.726. The zero-order chi connectivity index (χ0) is 13.8. The molecule has 0 radical (unpaired) electrons. The topological polar surface area (TPSA) is 94.1 Å². The minimum Gasteiger partial charge on any atom is -0.467 e. The van der Waals surface area contributed by atoms with Crippen molar-refractivity contribution in [2.24, 2.45) is 0 Å². The van der Waals surface area contributed by atoms with Crippen molar-refractivity contribution in [3.05, 3.63) is 23.8 Å². The number of fused-ring (bicyclic) bond motifs is 1. The molecule has 1 atom stereocenters. The Balaban J connectivity index is 2.09. The van der Waals surface area contributed by atoms with Crippen molar-refractivity contribution in [1.29, 1.82) is 0 Å². The molecule has 0 aromatic heterocycles. The number of carbonyl (C=O) groups is 2. The lowest BCUT2D eigenvalue weighted by Gasteiger charge is -2.13. The van der Waals surface area contributed by atoms with Crippen LogP contribution in [0.2, 0.25) is 0 Å². The highest BCUT2D eigenvalue weighted by atomic mass is 16.7. The predicted molar refractivity (Wildman–Crippen MR) is 62.9 cm³/mol. The number of aliphatic hydroxyl groups is 1. The third-order valence-electron chi connectivity index (χ3n) is 2.61. The Morgan fingerprint density at radius 1 is 1.42 bits per heavy atom. The molecule has 2 N–H and O–H groups in total. The van der Waals surface area contributed by atoms with Crippen LogP contribution >= 0.6 is 0 Å². The first-order valence-corrected chi connectivity index (χ1v) is 5.55. The normalized spacial score (nSPS) is 13.8. The molecule has 1 aliphatic rings. The van der Waals surface area contributed by atoms with E-state index in [-0.39, 0.29) is 6.79 Å². The van der Waals surface area contributed by atoms with Gasteiger partial charge in [0.2, 0.25) is 6.79 Å². The molecule has 1 aromatic rings. The van der Waals surface area contributed by atoms with Crippen molar-refractivity contribution in [2.45, 2.75) is 6.04 Å². The van der Waals surface area contributed by atoms with E-state index in [0.29, 0.717) is 17.1 Å². The molecule has 0 aliphatic carbocycles. The molecule has 19 heavy (non-hydrogen) atoms. The van der Waals surface area contributed by atoms with Gasteiger partial charge in [-0.3, -0.25) is 4.79 Å². The molecular formula is C12H13NO6. The second kappa shape index (κ2) is 5.57. The molecule has 0 bridgehead atoms. The van der Waals surface area contributed by atoms with Crippen molar-refractivity contribution in [3.63, 3.8) is 0 Å². The van der Waals surface area contributed by atoms with E-state index in [1.165, 1.54) is 19.2 Å². The number of amides is 1. The highest BCUT2D eigenvalue weighted by molar-refractivity contribution is 5.97. The second-order valence-corrected chi connectivity index (χ2v) is 3.80. The number of nitrogens with one attached hydrogen (secondary N) is 1. The molecule has 7 heteroatoms. The smallest absolute Gasteiger partial charge is 0.330 e. The summed E-state index contributed by atoms with van der Waals surface area (Å²) in [5.74, 6) is -0.200. The lowest BCUT2D eigenvalue weighted by molar-refractivity contribution is -0.143. The van der Waals surface area contributed by atoms with Crippen LogP contribution in [-0.2, 0) is 9.53 Å². The number of methoxy groups -OCH3 is 1. The third-order valence-corrected chi connectivity index (χ3v) is 2.61. The molecule has 0 saturated heterocycles. The summed E-state index contributed by atoms with van der Waals surface area (Å²) in [6.45, 7) is -0.426. The molecule has 0 fully saturated rings. The Morgan fingerprint density at radius 3 is 2.84 bits per heavy atom. The van der Waals surface area contributed by atoms with E-state index in [1.54, 1.807) is 6.07 Å². The summed E-state index contributed by atoms with van der Waals surface area (Å²) in [5, 5.41) is 11.4. The van der Waals surface area contributed by atoms with Gasteiger partial charge in [-0.1, -0.05) is 0 Å². The van der Waals surface area contributed by atoms with Gasteiger partial charge in [-0.15, -0.1) is 0 Å². The van der Waals surface area contributed by atoms with Gasteiger partial charge in [-0.2, -0.15) is 0 Å². The molecule has 0 saturated carbocycles. The standard InChI is InChI=1S/C12H13NO6/c1-17-12(16)8(5-14)13-11(15)7-2-3-9-10(4-7)19-6-18-9/h2-4,8,14H,5-6H2,1H3,(H,13,15). The summed E-state index contributed by atoms with van der Waals surface area (Å²) in [7, 11) is 1.18. The number of esters is 1. The summed E-state index contributed by atoms with van der Waals surface area (Å²) < 4.78 is 14.7. The minimum absolute atomic E-state index is 0.113. The lowest BCUT2D eigenvalue weighted by atomic mass is 10.1. The number of hydrogen-bond donors (Lipinski definition) is 2. The van der Waals surface area contributed by atoms with E-state index < -0.39 is 24.5 Å². The number of hydrogen-bond acceptors (Lipinski definition) is 6. The van der Waals surface area contributed by atoms with Crippen molar-refractivity contribution in [1.82, 2.24) is 5.32 Å². The predicted octanol–water partition coefficient (Wildman–Crippen LogP) is -0.321. The first-order chi connectivity index (χ1) is 9.15. The van der Waals surface area contributed by atoms with Crippen LogP contribution in [-0.4, -0.2) is 43.5 Å². The van der Waals surface area contributed by atoms with Gasteiger partial charge in [0.1, 0.15) is 0 Å². The molecule has 1 aliphatic heterocycles. The first-order valence-electron chi connectivity index (χ1n) is 5.55. The zero-order valence-corrected chi connectivity index (χ0v) is 10.2. The molecule has 102 valence electrons. The van der Waals surface area contributed by atoms with Crippen molar-refractivity contribution >= 4 is 11.9 Å². The Hall–Kier alpha value is -2.28. The summed E-state index contributed by atoms with van der Waals surface area (Å²) >= 11 is 0. The zero-order valence-electron chi connectivity index (χ0n) is 10.2. The molecule has 1 unspecified atom stereocenters. The second-order valence-electron chi connectivity index (χ2n) is 3.80. The van der Waals surface area contributed by atoms with Crippen LogP contribution in [0.3, 0.4) is 0 Å². The van der Waals surface area contributed by atoms with Crippen LogP contribution in [0.1, 0.15) is 10.4 Å². The summed E-state index contributed by atoms with van der Waals surface area (Å²) in [6.07, 6.45) is 0. The third kappa shape index (κ3) is 2.76. The van der Waals surface area contributed by atoms with Crippen LogP contribution in [0.4, 0.5) is 0 Å². The van der Waals surface area contributed by atoms with Crippen molar-refractivity contribution < 1.29 is 28.9 Å². The first kappa shape index (κ1) is 13.2. The fraction of sp³-hybridized carbons (Fsp3) is 0.333. The maximum absolute atomic E-state index is 11.9. The Bertz CT molecular complexity index is 501. The van der Waals surface area contributed by atoms with Gasteiger partial charge >= 0.3 is 5.97 Å². The van der Waals surface area contributed by atoms with Crippen LogP contribution in [0.15, 0.2) is 18.2 Å². The molecule has 0 spiro atoms. The van der Waals surface area contributed by atoms with Crippen LogP contribution in [0.25, 0.3) is 0 Å². The summed E-state index contributed by atoms with van der Waals surface area (Å²) in [4.78, 5) is 23.2. The number of carbonyl (C=O) groups excluding carboxylic acids is 2. The monoisotopic (exact) mass is 267 g/mol. The van der Waals surface area contributed by atoms with Gasteiger partial charge in [0.05, 0.1) is 13.7 Å². The van der Waals surface area contributed by atoms with Crippen LogP contribution in [0.5, 0.6) is 11.5 Å². The summed E-state index contributed by atoms with van der Waals surface area (Å²) in [6, 6.07) is 3.55. The van der Waals surface area contributed by atoms with Crippen molar-refractivity contribution in [3.8, 4) is 11.5 Å². The van der Waals surface area contributed by atoms with Gasteiger partial charge in [0.25, 0.3) is 5.91 Å². The molecule has 1 heterocycles. The van der Waals surface area contributed by atoms with E-state index >= 15 is 0 Å². The Kier molecular flexibility index (Phi) is 3.86. The SMILES string of the molecule is COC(=O)C(CO)NC(=O)c1ccc2c(c1)OCO2. The Morgan fingerprint density at radius 2 is 2.16 bits per heavy atom. The van der Waals surface area contributed by atoms with Crippen molar-refractivity contribution in [2.75, 3.05) is 20.5 Å². The molecule has 2 rings (SSSR count). The van der Waals surface area contributed by atoms with Gasteiger partial charge in [-0.25, -0.2) is 4.79 Å². The highest BCUT2D eigenvalue weighted by Crippen LogP contribution is 2.32. The van der Waals surface area contributed by atoms with E-state index in [9.17, 15) is 9.59 Å². The van der Waals surface area contributed by atoms with Gasteiger partial charge in [0.15, 0.2) is 17.5 Å². The minimum atomic E-state index is -1.09. The van der Waals surface area contributed by atoms with E-state index in [4.69, 9.17) is 14.6 Å². The van der Waals surface area contributed by atoms with Gasteiger partial charge in [-0.05, 0) is 18.2 Å². The number of aliphatic hydroxyl groups excluding tert-OH is 1. The maximum Gasteiger partial charge on any atom is 0.330 e. The maximum atomic E-state index is 11.9. The van der Waals surface area contributed by atoms with Crippen LogP contribution in [0, 0.1) is 0 Å². The van der Waals surface area contributed by atoms with E-state index in [0.717, 1.165) is 0 Å². The molecule has 1 amide bonds. The molecule has 1 aromatic carbocycles. The average Bonchev–Trinajstić information content (AvgIpc) is 2.90. The fourth-order valence-corrected chi connectivity index (χ4v) is 1.60. The van der Waals surface area contributed by atoms with Gasteiger partial charge in [0, 0.05) is 5.56 Å². The van der Waals surface area contributed by atoms with E-state index in [2.05, 4.69) is 10.1 Å². The lowest BCUT2D eigenvalue weighted by Crippen LogP contribution is -2.44. The van der Waals surface area contributed by atoms with Gasteiger partial charge < -0.3 is 24.6 Å². The Labute approximate surface area is 109 Å². The highest BCUT2D eigenvalue weighted by Gasteiger charge is 2.22. The number of rotatable bonds is 4. The van der Waals surface area contributed by atoms with Crippen LogP contribution < -0.4 is 14.8 Å². The molecule has 7 nitrogen and oxygen atoms in total. The average molecular weight is 267 g/mol.